The van der Waals surface area contributed by atoms with Gasteiger partial charge in [-0.1, -0.05) is 73.5 Å². The van der Waals surface area contributed by atoms with E-state index in [4.69, 9.17) is 0 Å². The van der Waals surface area contributed by atoms with Crippen LogP contribution in [0.1, 0.15) is 36.5 Å². The van der Waals surface area contributed by atoms with E-state index in [0.717, 1.165) is 33.2 Å². The van der Waals surface area contributed by atoms with Gasteiger partial charge >= 0.3 is 0 Å². The summed E-state index contributed by atoms with van der Waals surface area (Å²) in [6, 6.07) is 27.5. The molecule has 4 aromatic carbocycles. The van der Waals surface area contributed by atoms with Crippen molar-refractivity contribution in [3.8, 4) is 0 Å². The minimum absolute atomic E-state index is 0.0258. The summed E-state index contributed by atoms with van der Waals surface area (Å²) in [5, 5.41) is 2.97. The molecule has 242 valence electrons. The Morgan fingerprint density at radius 2 is 1.52 bits per heavy atom. The molecular formula is C36H40FN3O4S2. The molecule has 46 heavy (non-hydrogen) atoms. The third-order valence-corrected chi connectivity index (χ3v) is 10.1. The predicted octanol–water partition coefficient (Wildman–Crippen LogP) is 6.61. The number of halogens is 1. The number of thioether (sulfide) groups is 1. The van der Waals surface area contributed by atoms with Crippen molar-refractivity contribution in [2.75, 3.05) is 23.7 Å². The van der Waals surface area contributed by atoms with Gasteiger partial charge in [-0.15, -0.1) is 11.8 Å². The van der Waals surface area contributed by atoms with Crippen LogP contribution in [-0.4, -0.2) is 50.5 Å². The van der Waals surface area contributed by atoms with Crippen LogP contribution in [0.15, 0.2) is 113 Å². The molecule has 0 aliphatic carbocycles. The zero-order chi connectivity index (χ0) is 33.1. The Kier molecular flexibility index (Phi) is 12.4. The van der Waals surface area contributed by atoms with Crippen molar-refractivity contribution < 1.29 is 22.4 Å². The molecule has 0 fully saturated rings. The Balaban J connectivity index is 1.78. The van der Waals surface area contributed by atoms with Crippen molar-refractivity contribution in [1.29, 1.82) is 0 Å². The first kappa shape index (κ1) is 34.7. The lowest BCUT2D eigenvalue weighted by atomic mass is 10.0. The molecule has 0 saturated carbocycles. The summed E-state index contributed by atoms with van der Waals surface area (Å²) in [7, 11) is -4.19. The summed E-state index contributed by atoms with van der Waals surface area (Å²) in [5.41, 5.74) is 2.70. The fourth-order valence-corrected chi connectivity index (χ4v) is 6.78. The lowest BCUT2D eigenvalue weighted by Gasteiger charge is -2.34. The second-order valence-corrected chi connectivity index (χ2v) is 13.8. The maximum atomic E-state index is 14.5. The van der Waals surface area contributed by atoms with Crippen LogP contribution in [0.3, 0.4) is 0 Å². The fourth-order valence-electron chi connectivity index (χ4n) is 4.96. The molecule has 1 N–H and O–H groups in total. The van der Waals surface area contributed by atoms with Gasteiger partial charge in [0.1, 0.15) is 18.4 Å². The summed E-state index contributed by atoms with van der Waals surface area (Å²) in [5.74, 6) is -1.34. The first-order valence-corrected chi connectivity index (χ1v) is 17.9. The number of carbonyl (C=O) groups is 2. The molecule has 10 heteroatoms. The summed E-state index contributed by atoms with van der Waals surface area (Å²) < 4.78 is 43.3. The largest absolute Gasteiger partial charge is 0.354 e. The van der Waals surface area contributed by atoms with E-state index in [1.165, 1.54) is 40.9 Å². The minimum Gasteiger partial charge on any atom is -0.354 e. The van der Waals surface area contributed by atoms with Crippen LogP contribution in [0, 0.1) is 12.7 Å². The number of hydrogen-bond acceptors (Lipinski definition) is 5. The Hall–Kier alpha value is -4.15. The number of hydrogen-bond donors (Lipinski definition) is 1. The van der Waals surface area contributed by atoms with Crippen molar-refractivity contribution in [3.63, 3.8) is 0 Å². The van der Waals surface area contributed by atoms with Crippen LogP contribution >= 0.6 is 11.8 Å². The van der Waals surface area contributed by atoms with Gasteiger partial charge in [-0.3, -0.25) is 13.9 Å². The van der Waals surface area contributed by atoms with Crippen molar-refractivity contribution in [2.45, 2.75) is 55.5 Å². The molecule has 0 unspecified atom stereocenters. The average molecular weight is 662 g/mol. The minimum atomic E-state index is -4.19. The van der Waals surface area contributed by atoms with Gasteiger partial charge in [0, 0.05) is 24.4 Å². The van der Waals surface area contributed by atoms with Crippen LogP contribution in [0.5, 0.6) is 0 Å². The van der Waals surface area contributed by atoms with Gasteiger partial charge in [0.15, 0.2) is 0 Å². The average Bonchev–Trinajstić information content (AvgIpc) is 3.07. The molecule has 7 nitrogen and oxygen atoms in total. The lowest BCUT2D eigenvalue weighted by Crippen LogP contribution is -2.53. The van der Waals surface area contributed by atoms with E-state index in [1.807, 2.05) is 50.4 Å². The second kappa shape index (κ2) is 16.4. The normalized spacial score (nSPS) is 11.9. The molecule has 2 amide bonds. The summed E-state index contributed by atoms with van der Waals surface area (Å²) in [6.07, 6.45) is 3.76. The van der Waals surface area contributed by atoms with Crippen LogP contribution in [0.2, 0.25) is 0 Å². The van der Waals surface area contributed by atoms with E-state index in [-0.39, 0.29) is 23.8 Å². The van der Waals surface area contributed by atoms with Crippen LogP contribution in [0.25, 0.3) is 0 Å². The Morgan fingerprint density at radius 3 is 2.13 bits per heavy atom. The van der Waals surface area contributed by atoms with Gasteiger partial charge in [-0.2, -0.15) is 0 Å². The molecule has 0 spiro atoms. The Bertz CT molecular complexity index is 1680. The number of amides is 2. The zero-order valence-corrected chi connectivity index (χ0v) is 28.0. The maximum absolute atomic E-state index is 14.5. The topological polar surface area (TPSA) is 86.8 Å². The number of aryl methyl sites for hydroxylation is 1. The number of nitrogens with one attached hydrogen (secondary N) is 1. The standard InChI is InChI=1S/C36H40FN3O4S2/c1-4-5-23-38-36(42)34(24-28-9-7-6-8-10-28)39(25-29-13-15-30(37)16-14-29)35(41)26-40(31-17-11-27(2)12-18-31)46(43,44)33-21-19-32(45-3)20-22-33/h6-22,34H,4-5,23-26H2,1-3H3,(H,38,42)/t34-/m1/s1. The monoisotopic (exact) mass is 661 g/mol. The van der Waals surface area contributed by atoms with Gasteiger partial charge in [0.05, 0.1) is 10.6 Å². The van der Waals surface area contributed by atoms with Gasteiger partial charge < -0.3 is 10.2 Å². The van der Waals surface area contributed by atoms with Crippen molar-refractivity contribution in [2.24, 2.45) is 0 Å². The molecule has 4 aromatic rings. The van der Waals surface area contributed by atoms with Gasteiger partial charge in [0.2, 0.25) is 11.8 Å². The van der Waals surface area contributed by atoms with Crippen molar-refractivity contribution in [1.82, 2.24) is 10.2 Å². The number of rotatable bonds is 15. The van der Waals surface area contributed by atoms with Gasteiger partial charge in [0.25, 0.3) is 10.0 Å². The first-order valence-electron chi connectivity index (χ1n) is 15.2. The molecule has 1 atom stereocenters. The highest BCUT2D eigenvalue weighted by Gasteiger charge is 2.34. The van der Waals surface area contributed by atoms with E-state index in [9.17, 15) is 22.4 Å². The number of unbranched alkanes of at least 4 members (excludes halogenated alkanes) is 1. The molecule has 0 saturated heterocycles. The number of carbonyl (C=O) groups excluding carboxylic acids is 2. The van der Waals surface area contributed by atoms with Gasteiger partial charge in [-0.25, -0.2) is 12.8 Å². The molecule has 0 heterocycles. The van der Waals surface area contributed by atoms with Crippen LogP contribution in [0.4, 0.5) is 10.1 Å². The third kappa shape index (κ3) is 9.20. The molecule has 0 aromatic heterocycles. The number of nitrogens with zero attached hydrogens (tertiary/aromatic N) is 2. The quantitative estimate of drug-likeness (QED) is 0.115. The highest BCUT2D eigenvalue weighted by Crippen LogP contribution is 2.27. The second-order valence-electron chi connectivity index (χ2n) is 11.0. The summed E-state index contributed by atoms with van der Waals surface area (Å²) in [6.45, 7) is 3.78. The van der Waals surface area contributed by atoms with Crippen molar-refractivity contribution in [3.05, 3.63) is 126 Å². The number of anilines is 1. The highest BCUT2D eigenvalue weighted by molar-refractivity contribution is 7.98. The number of benzene rings is 4. The summed E-state index contributed by atoms with van der Waals surface area (Å²) in [4.78, 5) is 30.6. The molecule has 0 aliphatic rings. The Morgan fingerprint density at radius 1 is 0.870 bits per heavy atom. The van der Waals surface area contributed by atoms with Gasteiger partial charge in [-0.05, 0) is 79.3 Å². The highest BCUT2D eigenvalue weighted by atomic mass is 32.2. The van der Waals surface area contributed by atoms with Crippen molar-refractivity contribution >= 4 is 39.3 Å². The third-order valence-electron chi connectivity index (χ3n) is 7.62. The predicted molar refractivity (Wildman–Crippen MR) is 183 cm³/mol. The molecule has 0 aliphatic heterocycles. The summed E-state index contributed by atoms with van der Waals surface area (Å²) >= 11 is 1.49. The van der Waals surface area contributed by atoms with E-state index < -0.39 is 34.3 Å². The molecule has 4 rings (SSSR count). The molecule has 0 radical (unpaired) electrons. The maximum Gasteiger partial charge on any atom is 0.264 e. The smallest absolute Gasteiger partial charge is 0.264 e. The number of sulfonamides is 1. The van der Waals surface area contributed by atoms with E-state index in [2.05, 4.69) is 5.32 Å². The zero-order valence-electron chi connectivity index (χ0n) is 26.4. The first-order chi connectivity index (χ1) is 22.1. The SMILES string of the molecule is CCCCNC(=O)[C@@H](Cc1ccccc1)N(Cc1ccc(F)cc1)C(=O)CN(c1ccc(C)cc1)S(=O)(=O)c1ccc(SC)cc1. The van der Waals surface area contributed by atoms with E-state index in [1.54, 1.807) is 48.5 Å². The van der Waals surface area contributed by atoms with Crippen LogP contribution in [-0.2, 0) is 32.6 Å². The van der Waals surface area contributed by atoms with E-state index in [0.29, 0.717) is 17.8 Å². The van der Waals surface area contributed by atoms with E-state index >= 15 is 0 Å². The molecule has 0 bridgehead atoms. The Labute approximate surface area is 275 Å². The molecular weight excluding hydrogens is 622 g/mol. The van der Waals surface area contributed by atoms with Crippen LogP contribution < -0.4 is 9.62 Å². The fraction of sp³-hybridized carbons (Fsp3) is 0.278. The lowest BCUT2D eigenvalue weighted by molar-refractivity contribution is -0.140.